The topological polar surface area (TPSA) is 62.2 Å². The van der Waals surface area contributed by atoms with Gasteiger partial charge >= 0.3 is 6.09 Å². The third-order valence-electron chi connectivity index (χ3n) is 0.668. The van der Waals surface area contributed by atoms with Crippen molar-refractivity contribution < 1.29 is 9.90 Å². The zero-order chi connectivity index (χ0) is 6.69. The highest BCUT2D eigenvalue weighted by Crippen LogP contribution is 2.10. The Hall–Kier alpha value is -1.10. The number of amides is 1. The summed E-state index contributed by atoms with van der Waals surface area (Å²) in [5.41, 5.74) is 0. The molecule has 1 amide bonds. The van der Waals surface area contributed by atoms with Crippen molar-refractivity contribution in [2.75, 3.05) is 5.32 Å². The average Bonchev–Trinajstić information content (AvgIpc) is 2.15. The molecule has 48 valence electrons. The van der Waals surface area contributed by atoms with E-state index in [1.165, 1.54) is 6.20 Å². The van der Waals surface area contributed by atoms with Gasteiger partial charge in [0.2, 0.25) is 0 Å². The molecule has 0 aromatic carbocycles. The summed E-state index contributed by atoms with van der Waals surface area (Å²) in [6, 6.07) is 1.60. The van der Waals surface area contributed by atoms with E-state index in [1.807, 2.05) is 0 Å². The van der Waals surface area contributed by atoms with E-state index < -0.39 is 6.09 Å². The van der Waals surface area contributed by atoms with Crippen LogP contribution in [0.5, 0.6) is 0 Å². The van der Waals surface area contributed by atoms with Crippen LogP contribution < -0.4 is 5.32 Å². The van der Waals surface area contributed by atoms with Crippen LogP contribution >= 0.6 is 11.5 Å². The zero-order valence-corrected chi connectivity index (χ0v) is 5.18. The molecule has 0 aliphatic rings. The molecule has 0 bridgehead atoms. The Bertz CT molecular complexity index is 196. The Labute approximate surface area is 55.3 Å². The maximum Gasteiger partial charge on any atom is 0.409 e. The van der Waals surface area contributed by atoms with Crippen molar-refractivity contribution >= 4 is 22.6 Å². The molecule has 1 rings (SSSR count). The van der Waals surface area contributed by atoms with Crippen LogP contribution in [0.2, 0.25) is 0 Å². The molecule has 0 aliphatic carbocycles. The standard InChI is InChI=1S/C4H4N2O2S/c7-4(8)6-3-1-2-5-9-3/h1-2,6H,(H,7,8). The molecule has 0 atom stereocenters. The van der Waals surface area contributed by atoms with Crippen molar-refractivity contribution in [1.82, 2.24) is 4.37 Å². The van der Waals surface area contributed by atoms with Gasteiger partial charge in [0.15, 0.2) is 0 Å². The summed E-state index contributed by atoms with van der Waals surface area (Å²) >= 11 is 1.11. The Morgan fingerprint density at radius 1 is 1.89 bits per heavy atom. The maximum atomic E-state index is 9.93. The number of anilines is 1. The highest BCUT2D eigenvalue weighted by molar-refractivity contribution is 7.10. The van der Waals surface area contributed by atoms with E-state index in [2.05, 4.69) is 9.69 Å². The van der Waals surface area contributed by atoms with E-state index in [9.17, 15) is 4.79 Å². The minimum absolute atomic E-state index is 0.544. The van der Waals surface area contributed by atoms with Gasteiger partial charge in [-0.1, -0.05) is 0 Å². The van der Waals surface area contributed by atoms with Crippen LogP contribution in [0.25, 0.3) is 0 Å². The molecule has 1 heterocycles. The quantitative estimate of drug-likeness (QED) is 0.623. The van der Waals surface area contributed by atoms with Crippen LogP contribution in [-0.4, -0.2) is 15.6 Å². The fraction of sp³-hybridized carbons (Fsp3) is 0. The smallest absolute Gasteiger partial charge is 0.409 e. The van der Waals surface area contributed by atoms with Crippen LogP contribution in [0.4, 0.5) is 9.80 Å². The summed E-state index contributed by atoms with van der Waals surface area (Å²) in [5, 5.41) is 10.9. The van der Waals surface area contributed by atoms with Crippen LogP contribution in [0.15, 0.2) is 12.3 Å². The number of hydrogen-bond acceptors (Lipinski definition) is 3. The number of carbonyl (C=O) groups is 1. The second kappa shape index (κ2) is 2.45. The van der Waals surface area contributed by atoms with Gasteiger partial charge < -0.3 is 5.11 Å². The first-order valence-corrected chi connectivity index (χ1v) is 2.97. The van der Waals surface area contributed by atoms with Gasteiger partial charge in [-0.2, -0.15) is 4.37 Å². The van der Waals surface area contributed by atoms with E-state index in [4.69, 9.17) is 5.11 Å². The van der Waals surface area contributed by atoms with Crippen LogP contribution in [-0.2, 0) is 0 Å². The van der Waals surface area contributed by atoms with Crippen molar-refractivity contribution in [2.45, 2.75) is 0 Å². The largest absolute Gasteiger partial charge is 0.465 e. The third kappa shape index (κ3) is 1.69. The normalized spacial score (nSPS) is 8.89. The zero-order valence-electron chi connectivity index (χ0n) is 4.37. The molecule has 0 fully saturated rings. The third-order valence-corrected chi connectivity index (χ3v) is 1.33. The van der Waals surface area contributed by atoms with Crippen molar-refractivity contribution in [3.8, 4) is 0 Å². The molecule has 1 aromatic heterocycles. The molecule has 0 aliphatic heterocycles. The second-order valence-electron chi connectivity index (χ2n) is 1.31. The first-order chi connectivity index (χ1) is 4.29. The molecule has 0 unspecified atom stereocenters. The second-order valence-corrected chi connectivity index (χ2v) is 2.14. The monoisotopic (exact) mass is 144 g/mol. The highest BCUT2D eigenvalue weighted by atomic mass is 32.1. The molecule has 4 nitrogen and oxygen atoms in total. The van der Waals surface area contributed by atoms with Gasteiger partial charge in [0.25, 0.3) is 0 Å². The van der Waals surface area contributed by atoms with Crippen LogP contribution in [0.1, 0.15) is 0 Å². The first-order valence-electron chi connectivity index (χ1n) is 2.19. The summed E-state index contributed by atoms with van der Waals surface area (Å²) in [6.45, 7) is 0. The van der Waals surface area contributed by atoms with Gasteiger partial charge in [-0.05, 0) is 17.6 Å². The lowest BCUT2D eigenvalue weighted by Gasteiger charge is -1.89. The van der Waals surface area contributed by atoms with E-state index >= 15 is 0 Å². The van der Waals surface area contributed by atoms with E-state index in [0.29, 0.717) is 5.00 Å². The number of aromatic nitrogens is 1. The van der Waals surface area contributed by atoms with Gasteiger partial charge in [-0.3, -0.25) is 5.32 Å². The number of nitrogens with one attached hydrogen (secondary N) is 1. The molecule has 0 saturated carbocycles. The fourth-order valence-electron chi connectivity index (χ4n) is 0.386. The van der Waals surface area contributed by atoms with Gasteiger partial charge in [-0.15, -0.1) is 0 Å². The Kier molecular flexibility index (Phi) is 1.64. The van der Waals surface area contributed by atoms with Crippen molar-refractivity contribution in [1.29, 1.82) is 0 Å². The molecule has 5 heteroatoms. The first kappa shape index (κ1) is 6.03. The lowest BCUT2D eigenvalue weighted by molar-refractivity contribution is 0.210. The molecular formula is C4H4N2O2S. The predicted molar refractivity (Wildman–Crippen MR) is 33.8 cm³/mol. The summed E-state index contributed by atoms with van der Waals surface area (Å²) in [7, 11) is 0. The number of carboxylic acid groups (broad SMARTS) is 1. The molecule has 0 spiro atoms. The number of hydrogen-bond donors (Lipinski definition) is 2. The predicted octanol–water partition coefficient (Wildman–Crippen LogP) is 1.23. The molecule has 0 radical (unpaired) electrons. The molecule has 1 aromatic rings. The summed E-state index contributed by atoms with van der Waals surface area (Å²) in [5.74, 6) is 0. The van der Waals surface area contributed by atoms with Crippen LogP contribution in [0.3, 0.4) is 0 Å². The van der Waals surface area contributed by atoms with Crippen molar-refractivity contribution in [3.05, 3.63) is 12.3 Å². The van der Waals surface area contributed by atoms with Crippen LogP contribution in [0, 0.1) is 0 Å². The maximum absolute atomic E-state index is 9.93. The molecular weight excluding hydrogens is 140 g/mol. The number of rotatable bonds is 1. The van der Waals surface area contributed by atoms with Crippen molar-refractivity contribution in [3.63, 3.8) is 0 Å². The molecule has 2 N–H and O–H groups in total. The minimum atomic E-state index is -1.06. The van der Waals surface area contributed by atoms with Gasteiger partial charge in [0.1, 0.15) is 5.00 Å². The van der Waals surface area contributed by atoms with Gasteiger partial charge in [0.05, 0.1) is 0 Å². The summed E-state index contributed by atoms with van der Waals surface area (Å²) in [6.07, 6.45) is 0.481. The molecule has 9 heavy (non-hydrogen) atoms. The summed E-state index contributed by atoms with van der Waals surface area (Å²) < 4.78 is 3.69. The van der Waals surface area contributed by atoms with E-state index in [-0.39, 0.29) is 0 Å². The summed E-state index contributed by atoms with van der Waals surface area (Å²) in [4.78, 5) is 9.93. The minimum Gasteiger partial charge on any atom is -0.465 e. The average molecular weight is 144 g/mol. The van der Waals surface area contributed by atoms with Crippen molar-refractivity contribution in [2.24, 2.45) is 0 Å². The SMILES string of the molecule is O=C(O)Nc1ccns1. The van der Waals surface area contributed by atoms with E-state index in [0.717, 1.165) is 11.5 Å². The van der Waals surface area contributed by atoms with E-state index in [1.54, 1.807) is 6.07 Å². The Morgan fingerprint density at radius 2 is 2.67 bits per heavy atom. The molecule has 0 saturated heterocycles. The highest BCUT2D eigenvalue weighted by Gasteiger charge is 1.96. The fourth-order valence-corrected chi connectivity index (χ4v) is 0.876. The lowest BCUT2D eigenvalue weighted by atomic mass is 10.7. The lowest BCUT2D eigenvalue weighted by Crippen LogP contribution is -2.04. The Balaban J connectivity index is 2.58. The number of nitrogens with zero attached hydrogens (tertiary/aromatic N) is 1. The van der Waals surface area contributed by atoms with Gasteiger partial charge in [0, 0.05) is 6.20 Å². The Morgan fingerprint density at radius 3 is 3.11 bits per heavy atom. The van der Waals surface area contributed by atoms with Gasteiger partial charge in [-0.25, -0.2) is 4.79 Å².